The van der Waals surface area contributed by atoms with Crippen molar-refractivity contribution in [3.05, 3.63) is 23.2 Å². The van der Waals surface area contributed by atoms with E-state index >= 15 is 0 Å². The lowest BCUT2D eigenvalue weighted by atomic mass is 10.0. The van der Waals surface area contributed by atoms with Crippen molar-refractivity contribution >= 4 is 27.3 Å². The molecule has 2 atom stereocenters. The second-order valence-electron chi connectivity index (χ2n) is 5.61. The maximum atomic E-state index is 12.3. The third-order valence-electron chi connectivity index (χ3n) is 3.86. The van der Waals surface area contributed by atoms with Gasteiger partial charge >= 0.3 is 0 Å². The van der Waals surface area contributed by atoms with Gasteiger partial charge in [0.15, 0.2) is 0 Å². The van der Waals surface area contributed by atoms with Gasteiger partial charge in [0.05, 0.1) is 15.6 Å². The average Bonchev–Trinajstić information content (AvgIpc) is 2.57. The number of hydrogen-bond donors (Lipinski definition) is 2. The molecule has 1 aliphatic rings. The van der Waals surface area contributed by atoms with Gasteiger partial charge in [0.25, 0.3) is 0 Å². The molecule has 2 unspecified atom stereocenters. The van der Waals surface area contributed by atoms with Crippen LogP contribution in [-0.2, 0) is 10.0 Å². The molecule has 1 fully saturated rings. The molecule has 0 saturated heterocycles. The summed E-state index contributed by atoms with van der Waals surface area (Å²) in [4.78, 5) is 0.175. The molecule has 1 saturated carbocycles. The van der Waals surface area contributed by atoms with E-state index in [0.717, 1.165) is 25.7 Å². The normalized spacial score (nSPS) is 24.3. The van der Waals surface area contributed by atoms with E-state index in [4.69, 9.17) is 17.3 Å². The van der Waals surface area contributed by atoms with Crippen LogP contribution >= 0.6 is 11.6 Å². The van der Waals surface area contributed by atoms with E-state index in [1.54, 1.807) is 0 Å². The van der Waals surface area contributed by atoms with Gasteiger partial charge in [0.2, 0.25) is 10.0 Å². The van der Waals surface area contributed by atoms with Crippen LogP contribution in [0.5, 0.6) is 0 Å². The Morgan fingerprint density at radius 1 is 1.25 bits per heavy atom. The first kappa shape index (κ1) is 15.6. The van der Waals surface area contributed by atoms with E-state index in [9.17, 15) is 8.42 Å². The van der Waals surface area contributed by atoms with Crippen molar-refractivity contribution in [2.45, 2.75) is 50.0 Å². The van der Waals surface area contributed by atoms with Gasteiger partial charge in [-0.25, -0.2) is 13.1 Å². The SMILES string of the molecule is CC1CCCC(NS(=O)(=O)c2ccc(N)c(Cl)c2)CC1. The van der Waals surface area contributed by atoms with Crippen molar-refractivity contribution in [3.63, 3.8) is 0 Å². The zero-order valence-electron chi connectivity index (χ0n) is 11.6. The van der Waals surface area contributed by atoms with Gasteiger partial charge in [-0.15, -0.1) is 0 Å². The predicted molar refractivity (Wildman–Crippen MR) is 82.2 cm³/mol. The van der Waals surface area contributed by atoms with Gasteiger partial charge in [-0.3, -0.25) is 0 Å². The van der Waals surface area contributed by atoms with Crippen LogP contribution in [0.1, 0.15) is 39.0 Å². The quantitative estimate of drug-likeness (QED) is 0.664. The van der Waals surface area contributed by atoms with Crippen LogP contribution < -0.4 is 10.5 Å². The van der Waals surface area contributed by atoms with E-state index in [-0.39, 0.29) is 16.0 Å². The van der Waals surface area contributed by atoms with Crippen molar-refractivity contribution in [2.24, 2.45) is 5.92 Å². The summed E-state index contributed by atoms with van der Waals surface area (Å²) in [6.07, 6.45) is 5.09. The Labute approximate surface area is 125 Å². The van der Waals surface area contributed by atoms with Crippen LogP contribution in [0.4, 0.5) is 5.69 Å². The summed E-state index contributed by atoms with van der Waals surface area (Å²) in [6, 6.07) is 4.43. The van der Waals surface area contributed by atoms with E-state index in [0.29, 0.717) is 11.6 Å². The third kappa shape index (κ3) is 3.87. The number of benzene rings is 1. The Morgan fingerprint density at radius 2 is 2.00 bits per heavy atom. The minimum absolute atomic E-state index is 0.0151. The molecule has 0 aromatic heterocycles. The first-order valence-corrected chi connectivity index (χ1v) is 8.82. The van der Waals surface area contributed by atoms with Crippen LogP contribution in [0.3, 0.4) is 0 Å². The molecule has 0 spiro atoms. The second kappa shape index (κ2) is 6.33. The van der Waals surface area contributed by atoms with Gasteiger partial charge in [0, 0.05) is 6.04 Å². The van der Waals surface area contributed by atoms with Gasteiger partial charge < -0.3 is 5.73 Å². The smallest absolute Gasteiger partial charge is 0.240 e. The fraction of sp³-hybridized carbons (Fsp3) is 0.571. The molecule has 2 rings (SSSR count). The summed E-state index contributed by atoms with van der Waals surface area (Å²) in [5.41, 5.74) is 5.99. The molecule has 0 aliphatic heterocycles. The first-order valence-electron chi connectivity index (χ1n) is 6.96. The number of rotatable bonds is 3. The molecule has 1 aromatic rings. The van der Waals surface area contributed by atoms with E-state index in [1.165, 1.54) is 24.6 Å². The number of hydrogen-bond acceptors (Lipinski definition) is 3. The molecular weight excluding hydrogens is 296 g/mol. The van der Waals surface area contributed by atoms with Gasteiger partial charge in [-0.05, 0) is 43.4 Å². The lowest BCUT2D eigenvalue weighted by Crippen LogP contribution is -2.34. The summed E-state index contributed by atoms with van der Waals surface area (Å²) >= 11 is 5.89. The Morgan fingerprint density at radius 3 is 2.70 bits per heavy atom. The average molecular weight is 317 g/mol. The monoisotopic (exact) mass is 316 g/mol. The molecular formula is C14H21ClN2O2S. The van der Waals surface area contributed by atoms with Gasteiger partial charge in [0.1, 0.15) is 0 Å². The zero-order valence-corrected chi connectivity index (χ0v) is 13.2. The predicted octanol–water partition coefficient (Wildman–Crippen LogP) is 3.17. The van der Waals surface area contributed by atoms with Crippen molar-refractivity contribution in [3.8, 4) is 0 Å². The van der Waals surface area contributed by atoms with Crippen molar-refractivity contribution < 1.29 is 8.42 Å². The highest BCUT2D eigenvalue weighted by Gasteiger charge is 2.23. The molecule has 4 nitrogen and oxygen atoms in total. The number of nitrogens with two attached hydrogens (primary N) is 1. The number of anilines is 1. The molecule has 20 heavy (non-hydrogen) atoms. The third-order valence-corrected chi connectivity index (χ3v) is 5.71. The van der Waals surface area contributed by atoms with Crippen molar-refractivity contribution in [1.29, 1.82) is 0 Å². The molecule has 1 aromatic carbocycles. The van der Waals surface area contributed by atoms with Gasteiger partial charge in [-0.1, -0.05) is 31.4 Å². The summed E-state index contributed by atoms with van der Waals surface area (Å²) in [6.45, 7) is 2.22. The van der Waals surface area contributed by atoms with E-state index < -0.39 is 10.0 Å². The van der Waals surface area contributed by atoms with Crippen LogP contribution in [0, 0.1) is 5.92 Å². The maximum Gasteiger partial charge on any atom is 0.240 e. The van der Waals surface area contributed by atoms with E-state index in [1.807, 2.05) is 0 Å². The van der Waals surface area contributed by atoms with Gasteiger partial charge in [-0.2, -0.15) is 0 Å². The largest absolute Gasteiger partial charge is 0.398 e. The molecule has 0 bridgehead atoms. The van der Waals surface area contributed by atoms with Crippen LogP contribution in [0.2, 0.25) is 5.02 Å². The molecule has 3 N–H and O–H groups in total. The number of halogens is 1. The topological polar surface area (TPSA) is 72.2 Å². The molecule has 0 amide bonds. The molecule has 0 radical (unpaired) electrons. The molecule has 1 aliphatic carbocycles. The van der Waals surface area contributed by atoms with Crippen LogP contribution in [0.25, 0.3) is 0 Å². The fourth-order valence-corrected chi connectivity index (χ4v) is 4.14. The zero-order chi connectivity index (χ0) is 14.8. The highest BCUT2D eigenvalue weighted by Crippen LogP contribution is 2.25. The first-order chi connectivity index (χ1) is 9.38. The van der Waals surface area contributed by atoms with Crippen molar-refractivity contribution in [1.82, 2.24) is 4.72 Å². The Balaban J connectivity index is 2.12. The summed E-state index contributed by atoms with van der Waals surface area (Å²) in [5, 5.41) is 0.266. The maximum absolute atomic E-state index is 12.3. The minimum Gasteiger partial charge on any atom is -0.398 e. The highest BCUT2D eigenvalue weighted by atomic mass is 35.5. The Bertz CT molecular complexity index is 575. The summed E-state index contributed by atoms with van der Waals surface area (Å²) in [7, 11) is -3.52. The standard InChI is InChI=1S/C14H21ClN2O2S/c1-10-3-2-4-11(6-5-10)17-20(18,19)12-7-8-14(16)13(15)9-12/h7-11,17H,2-6,16H2,1H3. The van der Waals surface area contributed by atoms with Crippen molar-refractivity contribution in [2.75, 3.05) is 5.73 Å². The van der Waals surface area contributed by atoms with E-state index in [2.05, 4.69) is 11.6 Å². The summed E-state index contributed by atoms with van der Waals surface area (Å²) < 4.78 is 27.5. The Hall–Kier alpha value is -0.780. The molecule has 112 valence electrons. The summed E-state index contributed by atoms with van der Waals surface area (Å²) in [5.74, 6) is 0.676. The number of sulfonamides is 1. The molecule has 6 heteroatoms. The van der Waals surface area contributed by atoms with Crippen LogP contribution in [-0.4, -0.2) is 14.5 Å². The lowest BCUT2D eigenvalue weighted by Gasteiger charge is -2.17. The minimum atomic E-state index is -3.52. The Kier molecular flexibility index (Phi) is 4.94. The number of nitrogen functional groups attached to an aromatic ring is 1. The second-order valence-corrected chi connectivity index (χ2v) is 7.74. The highest BCUT2D eigenvalue weighted by molar-refractivity contribution is 7.89. The molecule has 0 heterocycles. The number of nitrogens with one attached hydrogen (secondary N) is 1. The fourth-order valence-electron chi connectivity index (χ4n) is 2.57. The van der Waals surface area contributed by atoms with Crippen LogP contribution in [0.15, 0.2) is 23.1 Å². The lowest BCUT2D eigenvalue weighted by molar-refractivity contribution is 0.484.